The topological polar surface area (TPSA) is 26.3 Å². The van der Waals surface area contributed by atoms with Crippen molar-refractivity contribution in [2.24, 2.45) is 11.3 Å². The molecule has 0 saturated carbocycles. The average molecular weight is 198 g/mol. The maximum absolute atomic E-state index is 10.9. The lowest BCUT2D eigenvalue weighted by Crippen LogP contribution is -2.32. The summed E-state index contributed by atoms with van der Waals surface area (Å²) < 4.78 is 5.27. The summed E-state index contributed by atoms with van der Waals surface area (Å²) in [6, 6.07) is 0. The van der Waals surface area contributed by atoms with Crippen LogP contribution in [0.15, 0.2) is 12.7 Å². The van der Waals surface area contributed by atoms with E-state index in [0.29, 0.717) is 5.92 Å². The first-order chi connectivity index (χ1) is 6.29. The van der Waals surface area contributed by atoms with Crippen LogP contribution in [0, 0.1) is 11.3 Å². The van der Waals surface area contributed by atoms with Gasteiger partial charge in [0.25, 0.3) is 0 Å². The minimum Gasteiger partial charge on any atom is -0.462 e. The van der Waals surface area contributed by atoms with E-state index in [2.05, 4.69) is 34.3 Å². The monoisotopic (exact) mass is 198 g/mol. The van der Waals surface area contributed by atoms with Gasteiger partial charge in [0.15, 0.2) is 0 Å². The van der Waals surface area contributed by atoms with Crippen LogP contribution in [0.4, 0.5) is 0 Å². The molecule has 82 valence electrons. The Kier molecular flexibility index (Phi) is 4.89. The van der Waals surface area contributed by atoms with Gasteiger partial charge in [-0.25, -0.2) is 0 Å². The van der Waals surface area contributed by atoms with Crippen molar-refractivity contribution >= 4 is 5.97 Å². The standard InChI is InChI=1S/C12H22O2/c1-7-8-11(14-10(3)13)9(2)12(4,5)6/h7,9,11H,1,8H2,2-6H3/t9-,11+/m1/s1. The highest BCUT2D eigenvalue weighted by atomic mass is 16.5. The van der Waals surface area contributed by atoms with Crippen LogP contribution < -0.4 is 0 Å². The Morgan fingerprint density at radius 3 is 2.29 bits per heavy atom. The Morgan fingerprint density at radius 2 is 2.00 bits per heavy atom. The summed E-state index contributed by atoms with van der Waals surface area (Å²) in [6.45, 7) is 13.7. The van der Waals surface area contributed by atoms with Crippen molar-refractivity contribution in [2.45, 2.75) is 47.1 Å². The predicted molar refractivity (Wildman–Crippen MR) is 59.0 cm³/mol. The van der Waals surface area contributed by atoms with Crippen LogP contribution in [-0.2, 0) is 9.53 Å². The second-order valence-corrected chi connectivity index (χ2v) is 4.83. The molecule has 0 rings (SSSR count). The van der Waals surface area contributed by atoms with Crippen LogP contribution in [0.5, 0.6) is 0 Å². The minimum absolute atomic E-state index is 0.0509. The Morgan fingerprint density at radius 1 is 1.50 bits per heavy atom. The van der Waals surface area contributed by atoms with Crippen molar-refractivity contribution in [3.63, 3.8) is 0 Å². The van der Waals surface area contributed by atoms with Crippen molar-refractivity contribution in [3.8, 4) is 0 Å². The smallest absolute Gasteiger partial charge is 0.302 e. The van der Waals surface area contributed by atoms with E-state index in [1.165, 1.54) is 6.92 Å². The largest absolute Gasteiger partial charge is 0.462 e. The molecule has 0 radical (unpaired) electrons. The molecule has 0 fully saturated rings. The highest BCUT2D eigenvalue weighted by Gasteiger charge is 2.29. The van der Waals surface area contributed by atoms with Gasteiger partial charge in [0.2, 0.25) is 0 Å². The number of hydrogen-bond acceptors (Lipinski definition) is 2. The molecule has 0 unspecified atom stereocenters. The number of esters is 1. The van der Waals surface area contributed by atoms with E-state index in [0.717, 1.165) is 6.42 Å². The lowest BCUT2D eigenvalue weighted by Gasteiger charge is -2.33. The fourth-order valence-corrected chi connectivity index (χ4v) is 1.29. The number of ether oxygens (including phenoxy) is 1. The zero-order valence-electron chi connectivity index (χ0n) is 9.96. The van der Waals surface area contributed by atoms with Crippen LogP contribution >= 0.6 is 0 Å². The molecule has 14 heavy (non-hydrogen) atoms. The molecule has 0 aromatic heterocycles. The van der Waals surface area contributed by atoms with E-state index in [9.17, 15) is 4.79 Å². The summed E-state index contributed by atoms with van der Waals surface area (Å²) in [5.74, 6) is 0.109. The van der Waals surface area contributed by atoms with Gasteiger partial charge >= 0.3 is 5.97 Å². The Hall–Kier alpha value is -0.790. The highest BCUT2D eigenvalue weighted by Crippen LogP contribution is 2.31. The van der Waals surface area contributed by atoms with Gasteiger partial charge in [-0.3, -0.25) is 4.79 Å². The molecular formula is C12H22O2. The third-order valence-corrected chi connectivity index (χ3v) is 2.64. The molecule has 2 atom stereocenters. The summed E-state index contributed by atoms with van der Waals surface area (Å²) in [4.78, 5) is 10.9. The average Bonchev–Trinajstić information content (AvgIpc) is 2.00. The van der Waals surface area contributed by atoms with Gasteiger partial charge in [0, 0.05) is 13.3 Å². The van der Waals surface area contributed by atoms with E-state index in [-0.39, 0.29) is 17.5 Å². The van der Waals surface area contributed by atoms with Crippen molar-refractivity contribution in [2.75, 3.05) is 0 Å². The van der Waals surface area contributed by atoms with E-state index in [1.807, 2.05) is 0 Å². The van der Waals surface area contributed by atoms with E-state index in [1.54, 1.807) is 6.08 Å². The van der Waals surface area contributed by atoms with Crippen LogP contribution in [0.2, 0.25) is 0 Å². The number of carbonyl (C=O) groups excluding carboxylic acids is 1. The molecule has 0 aromatic rings. The molecule has 0 heterocycles. The van der Waals surface area contributed by atoms with Gasteiger partial charge in [-0.2, -0.15) is 0 Å². The molecule has 0 N–H and O–H groups in total. The van der Waals surface area contributed by atoms with Crippen LogP contribution in [0.25, 0.3) is 0 Å². The zero-order chi connectivity index (χ0) is 11.4. The molecular weight excluding hydrogens is 176 g/mol. The molecule has 0 amide bonds. The van der Waals surface area contributed by atoms with Gasteiger partial charge in [-0.1, -0.05) is 33.8 Å². The summed E-state index contributed by atoms with van der Waals surface area (Å²) in [5.41, 5.74) is 0.142. The number of carbonyl (C=O) groups is 1. The first-order valence-corrected chi connectivity index (χ1v) is 5.07. The highest BCUT2D eigenvalue weighted by molar-refractivity contribution is 5.66. The quantitative estimate of drug-likeness (QED) is 0.512. The molecule has 0 spiro atoms. The Labute approximate surface area is 87.3 Å². The van der Waals surface area contributed by atoms with Crippen molar-refractivity contribution < 1.29 is 9.53 Å². The SMILES string of the molecule is C=CC[C@H](OC(C)=O)[C@@H](C)C(C)(C)C. The lowest BCUT2D eigenvalue weighted by molar-refractivity contribution is -0.150. The summed E-state index contributed by atoms with van der Waals surface area (Å²) in [6.07, 6.45) is 2.47. The molecule has 0 saturated heterocycles. The first kappa shape index (κ1) is 13.2. The van der Waals surface area contributed by atoms with E-state index >= 15 is 0 Å². The molecule has 0 bridgehead atoms. The molecule has 0 aliphatic carbocycles. The van der Waals surface area contributed by atoms with Crippen LogP contribution in [0.3, 0.4) is 0 Å². The molecule has 2 heteroatoms. The molecule has 0 aliphatic rings. The Balaban J connectivity index is 4.47. The molecule has 0 aliphatic heterocycles. The third kappa shape index (κ3) is 4.45. The third-order valence-electron chi connectivity index (χ3n) is 2.64. The molecule has 2 nitrogen and oxygen atoms in total. The lowest BCUT2D eigenvalue weighted by atomic mass is 9.78. The van der Waals surface area contributed by atoms with Crippen molar-refractivity contribution in [1.82, 2.24) is 0 Å². The van der Waals surface area contributed by atoms with Gasteiger partial charge < -0.3 is 4.74 Å². The van der Waals surface area contributed by atoms with Crippen molar-refractivity contribution in [1.29, 1.82) is 0 Å². The van der Waals surface area contributed by atoms with E-state index in [4.69, 9.17) is 4.74 Å². The fraction of sp³-hybridized carbons (Fsp3) is 0.750. The van der Waals surface area contributed by atoms with E-state index < -0.39 is 0 Å². The predicted octanol–water partition coefficient (Wildman–Crippen LogP) is 3.18. The fourth-order valence-electron chi connectivity index (χ4n) is 1.29. The maximum atomic E-state index is 10.9. The summed E-state index contributed by atoms with van der Waals surface area (Å²) >= 11 is 0. The second kappa shape index (κ2) is 5.18. The van der Waals surface area contributed by atoms with Gasteiger partial charge in [-0.05, 0) is 11.3 Å². The van der Waals surface area contributed by atoms with Crippen LogP contribution in [0.1, 0.15) is 41.0 Å². The van der Waals surface area contributed by atoms with Crippen LogP contribution in [-0.4, -0.2) is 12.1 Å². The number of rotatable bonds is 4. The number of hydrogen-bond donors (Lipinski definition) is 0. The maximum Gasteiger partial charge on any atom is 0.302 e. The van der Waals surface area contributed by atoms with Gasteiger partial charge in [0.05, 0.1) is 0 Å². The Bertz CT molecular complexity index is 201. The minimum atomic E-state index is -0.215. The second-order valence-electron chi connectivity index (χ2n) is 4.83. The van der Waals surface area contributed by atoms with Gasteiger partial charge in [-0.15, -0.1) is 6.58 Å². The van der Waals surface area contributed by atoms with Crippen molar-refractivity contribution in [3.05, 3.63) is 12.7 Å². The van der Waals surface area contributed by atoms with Gasteiger partial charge in [0.1, 0.15) is 6.10 Å². The zero-order valence-corrected chi connectivity index (χ0v) is 9.96. The molecule has 0 aromatic carbocycles. The summed E-state index contributed by atoms with van der Waals surface area (Å²) in [7, 11) is 0. The summed E-state index contributed by atoms with van der Waals surface area (Å²) in [5, 5.41) is 0. The first-order valence-electron chi connectivity index (χ1n) is 5.07. The normalized spacial score (nSPS) is 15.8.